The quantitative estimate of drug-likeness (QED) is 0.662. The van der Waals surface area contributed by atoms with Crippen molar-refractivity contribution in [3.05, 3.63) is 59.4 Å². The van der Waals surface area contributed by atoms with Gasteiger partial charge in [0.05, 0.1) is 0 Å². The maximum atomic E-state index is 13.4. The van der Waals surface area contributed by atoms with Crippen molar-refractivity contribution < 1.29 is 4.39 Å². The van der Waals surface area contributed by atoms with Gasteiger partial charge in [-0.25, -0.2) is 4.39 Å². The summed E-state index contributed by atoms with van der Waals surface area (Å²) in [6, 6.07) is 14.5. The fraction of sp³-hybridized carbons (Fsp3) is 0. The second kappa shape index (κ2) is 3.81. The highest BCUT2D eigenvalue weighted by Gasteiger charge is 2.04. The van der Waals surface area contributed by atoms with Crippen LogP contribution in [0.3, 0.4) is 0 Å². The fourth-order valence-electron chi connectivity index (χ4n) is 1.29. The summed E-state index contributed by atoms with van der Waals surface area (Å²) in [5.74, 6) is -0.263. The van der Waals surface area contributed by atoms with Crippen LogP contribution >= 0.6 is 11.6 Å². The Bertz CT molecular complexity index is 437. The van der Waals surface area contributed by atoms with Crippen LogP contribution in [-0.2, 0) is 0 Å². The third kappa shape index (κ3) is 1.78. The number of hydrogen-bond donors (Lipinski definition) is 0. The Labute approximate surface area is 87.0 Å². The molecule has 69 valence electrons. The summed E-state index contributed by atoms with van der Waals surface area (Å²) in [5.41, 5.74) is 1.33. The molecule has 2 aromatic carbocycles. The topological polar surface area (TPSA) is 0 Å². The van der Waals surface area contributed by atoms with Crippen LogP contribution < -0.4 is 0 Å². The largest absolute Gasteiger partial charge is 0.206 e. The minimum Gasteiger partial charge on any atom is -0.206 e. The molecule has 0 nitrogen and oxygen atoms in total. The summed E-state index contributed by atoms with van der Waals surface area (Å²) < 4.78 is 13.4. The highest BCUT2D eigenvalue weighted by molar-refractivity contribution is 6.30. The first-order chi connectivity index (χ1) is 6.77. The lowest BCUT2D eigenvalue weighted by molar-refractivity contribution is 0.631. The number of halogens is 2. The Morgan fingerprint density at radius 1 is 1.07 bits per heavy atom. The van der Waals surface area contributed by atoms with Gasteiger partial charge in [0, 0.05) is 10.6 Å². The maximum Gasteiger partial charge on any atom is 0.131 e. The number of benzene rings is 2. The van der Waals surface area contributed by atoms with Crippen LogP contribution in [0.25, 0.3) is 11.1 Å². The van der Waals surface area contributed by atoms with Crippen molar-refractivity contribution in [3.63, 3.8) is 0 Å². The van der Waals surface area contributed by atoms with Crippen LogP contribution in [0.5, 0.6) is 0 Å². The first kappa shape index (κ1) is 9.22. The molecule has 1 radical (unpaired) electrons. The Kier molecular flexibility index (Phi) is 2.51. The third-order valence-corrected chi connectivity index (χ3v) is 2.19. The first-order valence-electron chi connectivity index (χ1n) is 4.19. The van der Waals surface area contributed by atoms with E-state index in [0.717, 1.165) is 5.56 Å². The molecule has 0 atom stereocenters. The number of rotatable bonds is 1. The summed E-state index contributed by atoms with van der Waals surface area (Å²) in [6.07, 6.45) is 0. The summed E-state index contributed by atoms with van der Waals surface area (Å²) in [7, 11) is 0. The molecule has 2 aromatic rings. The fourth-order valence-corrected chi connectivity index (χ4v) is 1.46. The van der Waals surface area contributed by atoms with Gasteiger partial charge in [0.25, 0.3) is 0 Å². The van der Waals surface area contributed by atoms with Crippen molar-refractivity contribution in [2.24, 2.45) is 0 Å². The zero-order chi connectivity index (χ0) is 9.97. The lowest BCUT2D eigenvalue weighted by atomic mass is 10.1. The summed E-state index contributed by atoms with van der Waals surface area (Å²) in [5, 5.41) is 0.536. The third-order valence-electron chi connectivity index (χ3n) is 1.96. The zero-order valence-electron chi connectivity index (χ0n) is 7.30. The molecule has 14 heavy (non-hydrogen) atoms. The average Bonchev–Trinajstić information content (AvgIpc) is 2.23. The predicted octanol–water partition coefficient (Wildman–Crippen LogP) is 3.95. The van der Waals surface area contributed by atoms with Crippen LogP contribution in [-0.4, -0.2) is 0 Å². The summed E-state index contributed by atoms with van der Waals surface area (Å²) in [4.78, 5) is 0. The molecular weight excluding hydrogens is 199 g/mol. The highest BCUT2D eigenvalue weighted by atomic mass is 35.5. The van der Waals surface area contributed by atoms with Crippen molar-refractivity contribution >= 4 is 11.6 Å². The van der Waals surface area contributed by atoms with Gasteiger partial charge in [0.1, 0.15) is 5.82 Å². The molecule has 0 N–H and O–H groups in total. The monoisotopic (exact) mass is 205 g/mol. The molecule has 0 amide bonds. The lowest BCUT2D eigenvalue weighted by Crippen LogP contribution is -1.83. The molecule has 2 rings (SSSR count). The van der Waals surface area contributed by atoms with Gasteiger partial charge in [-0.05, 0) is 29.8 Å². The van der Waals surface area contributed by atoms with E-state index in [9.17, 15) is 4.39 Å². The van der Waals surface area contributed by atoms with E-state index in [0.29, 0.717) is 10.6 Å². The van der Waals surface area contributed by atoms with Gasteiger partial charge in [-0.1, -0.05) is 35.9 Å². The Morgan fingerprint density at radius 2 is 1.79 bits per heavy atom. The van der Waals surface area contributed by atoms with Gasteiger partial charge in [0.15, 0.2) is 0 Å². The van der Waals surface area contributed by atoms with E-state index >= 15 is 0 Å². The van der Waals surface area contributed by atoms with Crippen LogP contribution in [0, 0.1) is 11.9 Å². The van der Waals surface area contributed by atoms with Crippen molar-refractivity contribution in [3.8, 4) is 11.1 Å². The van der Waals surface area contributed by atoms with E-state index in [4.69, 9.17) is 11.6 Å². The molecule has 0 unspecified atom stereocenters. The molecule has 0 aliphatic heterocycles. The SMILES string of the molecule is Fc1ccc(Cl)cc1-c1cc[c]cc1. The van der Waals surface area contributed by atoms with Gasteiger partial charge >= 0.3 is 0 Å². The molecule has 0 aliphatic carbocycles. The smallest absolute Gasteiger partial charge is 0.131 e. The van der Waals surface area contributed by atoms with Crippen molar-refractivity contribution in [2.75, 3.05) is 0 Å². The van der Waals surface area contributed by atoms with Crippen molar-refractivity contribution in [1.29, 1.82) is 0 Å². The molecule has 0 heterocycles. The van der Waals surface area contributed by atoms with Gasteiger partial charge < -0.3 is 0 Å². The minimum atomic E-state index is -0.263. The Hall–Kier alpha value is -1.34. The van der Waals surface area contributed by atoms with E-state index in [-0.39, 0.29) is 5.82 Å². The van der Waals surface area contributed by atoms with Gasteiger partial charge in [-0.3, -0.25) is 0 Å². The van der Waals surface area contributed by atoms with E-state index < -0.39 is 0 Å². The predicted molar refractivity (Wildman–Crippen MR) is 55.7 cm³/mol. The second-order valence-electron chi connectivity index (χ2n) is 2.91. The molecule has 0 aliphatic rings. The molecular formula is C12H7ClF. The van der Waals surface area contributed by atoms with E-state index in [1.165, 1.54) is 12.1 Å². The van der Waals surface area contributed by atoms with E-state index in [1.54, 1.807) is 30.3 Å². The molecule has 0 aromatic heterocycles. The average molecular weight is 206 g/mol. The van der Waals surface area contributed by atoms with Gasteiger partial charge in [-0.15, -0.1) is 0 Å². The summed E-state index contributed by atoms with van der Waals surface area (Å²) in [6.45, 7) is 0. The first-order valence-corrected chi connectivity index (χ1v) is 4.57. The molecule has 0 saturated heterocycles. The molecule has 0 saturated carbocycles. The van der Waals surface area contributed by atoms with Crippen LogP contribution in [0.1, 0.15) is 0 Å². The van der Waals surface area contributed by atoms with Crippen LogP contribution in [0.15, 0.2) is 42.5 Å². The van der Waals surface area contributed by atoms with Gasteiger partial charge in [-0.2, -0.15) is 0 Å². The maximum absolute atomic E-state index is 13.4. The normalized spacial score (nSPS) is 10.1. The minimum absolute atomic E-state index is 0.263. The van der Waals surface area contributed by atoms with Crippen LogP contribution in [0.2, 0.25) is 5.02 Å². The molecule has 0 spiro atoms. The lowest BCUT2D eigenvalue weighted by Gasteiger charge is -2.03. The molecule has 0 bridgehead atoms. The standard InChI is InChI=1S/C12H7ClF/c13-10-6-7-12(14)11(8-10)9-4-2-1-3-5-9/h2-8H. The van der Waals surface area contributed by atoms with Gasteiger partial charge in [0.2, 0.25) is 0 Å². The Morgan fingerprint density at radius 3 is 2.50 bits per heavy atom. The van der Waals surface area contributed by atoms with Crippen molar-refractivity contribution in [2.45, 2.75) is 0 Å². The van der Waals surface area contributed by atoms with Crippen LogP contribution in [0.4, 0.5) is 4.39 Å². The van der Waals surface area contributed by atoms with E-state index in [2.05, 4.69) is 6.07 Å². The number of hydrogen-bond acceptors (Lipinski definition) is 0. The molecule has 0 fully saturated rings. The molecule has 2 heteroatoms. The van der Waals surface area contributed by atoms with E-state index in [1.807, 2.05) is 0 Å². The summed E-state index contributed by atoms with van der Waals surface area (Å²) >= 11 is 5.79. The highest BCUT2D eigenvalue weighted by Crippen LogP contribution is 2.25. The Balaban J connectivity index is 2.57. The van der Waals surface area contributed by atoms with Crippen molar-refractivity contribution in [1.82, 2.24) is 0 Å². The zero-order valence-corrected chi connectivity index (χ0v) is 8.05. The second-order valence-corrected chi connectivity index (χ2v) is 3.35.